The largest absolute Gasteiger partial charge is 0.314 e. The van der Waals surface area contributed by atoms with Crippen LogP contribution in [0.25, 0.3) is 0 Å². The Balaban J connectivity index is 0.000000193. The van der Waals surface area contributed by atoms with E-state index in [9.17, 15) is 0 Å². The van der Waals surface area contributed by atoms with Crippen LogP contribution in [-0.2, 0) is 0 Å². The molecule has 174 valence electrons. The molecule has 8 rings (SSSR count). The van der Waals surface area contributed by atoms with Crippen molar-refractivity contribution in [2.75, 3.05) is 39.3 Å². The Morgan fingerprint density at radius 2 is 0.931 bits per heavy atom. The Kier molecular flexibility index (Phi) is 15.3. The summed E-state index contributed by atoms with van der Waals surface area (Å²) in [6, 6.07) is 2.52. The van der Waals surface area contributed by atoms with E-state index >= 15 is 0 Å². The Morgan fingerprint density at radius 3 is 1.03 bits per heavy atom. The zero-order valence-corrected chi connectivity index (χ0v) is 20.7. The predicted octanol–water partition coefficient (Wildman–Crippen LogP) is 4.65. The topological polar surface area (TPSA) is 39.3 Å². The molecule has 4 nitrogen and oxygen atoms in total. The number of fused-ring (bicyclic) bond motifs is 8. The average Bonchev–Trinajstić information content (AvgIpc) is 3.53. The fourth-order valence-corrected chi connectivity index (χ4v) is 5.21. The summed E-state index contributed by atoms with van der Waals surface area (Å²) in [5, 5.41) is 10.3. The van der Waals surface area contributed by atoms with Crippen molar-refractivity contribution in [3.63, 3.8) is 0 Å². The van der Waals surface area contributed by atoms with Crippen LogP contribution >= 0.6 is 0 Å². The molecule has 0 aromatic rings. The van der Waals surface area contributed by atoms with Crippen LogP contribution in [0.3, 0.4) is 0 Å². The van der Waals surface area contributed by atoms with Crippen LogP contribution in [0.2, 0.25) is 0 Å². The fourth-order valence-electron chi connectivity index (χ4n) is 5.21. The van der Waals surface area contributed by atoms with E-state index in [0.717, 1.165) is 30.0 Å². The van der Waals surface area contributed by atoms with Crippen molar-refractivity contribution in [3.8, 4) is 0 Å². The summed E-state index contributed by atoms with van der Waals surface area (Å²) in [4.78, 5) is 2.58. The van der Waals surface area contributed by atoms with Crippen LogP contribution in [0.15, 0.2) is 0 Å². The molecule has 2 unspecified atom stereocenters. The smallest absolute Gasteiger partial charge is 0.0208 e. The lowest BCUT2D eigenvalue weighted by Gasteiger charge is -2.38. The van der Waals surface area contributed by atoms with Gasteiger partial charge in [0, 0.05) is 31.2 Å². The minimum absolute atomic E-state index is 0.810. The van der Waals surface area contributed by atoms with Gasteiger partial charge in [0.05, 0.1) is 0 Å². The normalized spacial score (nSPS) is 37.0. The number of piperazine rings is 1. The third kappa shape index (κ3) is 9.67. The molecule has 1 aliphatic carbocycles. The second-order valence-electron chi connectivity index (χ2n) is 8.65. The van der Waals surface area contributed by atoms with E-state index in [0.29, 0.717) is 0 Å². The highest BCUT2D eigenvalue weighted by molar-refractivity contribution is 4.94. The highest BCUT2D eigenvalue weighted by Gasteiger charge is 2.29. The van der Waals surface area contributed by atoms with Crippen molar-refractivity contribution in [3.05, 3.63) is 0 Å². The molecule has 7 aliphatic heterocycles. The molecule has 4 heteroatoms. The predicted molar refractivity (Wildman–Crippen MR) is 130 cm³/mol. The molecule has 1 saturated carbocycles. The van der Waals surface area contributed by atoms with Crippen LogP contribution in [-0.4, -0.2) is 62.3 Å². The van der Waals surface area contributed by atoms with E-state index in [1.807, 2.05) is 41.5 Å². The van der Waals surface area contributed by atoms with Crippen LogP contribution in [0.5, 0.6) is 0 Å². The third-order valence-corrected chi connectivity index (χ3v) is 6.98. The van der Waals surface area contributed by atoms with Crippen molar-refractivity contribution in [2.45, 2.75) is 111 Å². The number of nitrogens with one attached hydrogen (secondary N) is 3. The first kappa shape index (κ1) is 26.9. The molecule has 0 aromatic heterocycles. The van der Waals surface area contributed by atoms with Gasteiger partial charge in [0.25, 0.3) is 0 Å². The lowest BCUT2D eigenvalue weighted by atomic mass is 9.82. The van der Waals surface area contributed by atoms with Gasteiger partial charge in [0.2, 0.25) is 0 Å². The van der Waals surface area contributed by atoms with E-state index in [-0.39, 0.29) is 0 Å². The molecule has 6 bridgehead atoms. The fraction of sp³-hybridized carbons (Fsp3) is 1.00. The lowest BCUT2D eigenvalue weighted by molar-refractivity contribution is 0.111. The van der Waals surface area contributed by atoms with Crippen molar-refractivity contribution in [1.29, 1.82) is 0 Å². The van der Waals surface area contributed by atoms with Gasteiger partial charge in [-0.05, 0) is 89.4 Å². The van der Waals surface area contributed by atoms with Gasteiger partial charge in [0.1, 0.15) is 0 Å². The highest BCUT2D eigenvalue weighted by Crippen LogP contribution is 2.28. The standard InChI is InChI=1S/2C7H13N.C5H10N2.3C2H6/c1-4-8-5-2-7(1)3-6-8;1-3-7-4-2-6(1)5-8-7;1-4-2-6-5(1)3-7-4;3*1-2/h7H,1-6H2;6-8H,1-5H2;4-7H,1-3H2;3*1-2H3. The second kappa shape index (κ2) is 16.5. The molecule has 29 heavy (non-hydrogen) atoms. The number of hydrogen-bond acceptors (Lipinski definition) is 4. The van der Waals surface area contributed by atoms with Crippen molar-refractivity contribution >= 4 is 0 Å². The van der Waals surface area contributed by atoms with Gasteiger partial charge in [-0.15, -0.1) is 0 Å². The first-order chi connectivity index (χ1) is 14.3. The highest BCUT2D eigenvalue weighted by atomic mass is 15.1. The maximum Gasteiger partial charge on any atom is 0.0208 e. The SMILES string of the molecule is C1CC2CCC1CN2.C1CN2CCC1CC2.C1NC2CNC1C2.CC.CC.CC. The molecule has 0 spiro atoms. The van der Waals surface area contributed by atoms with E-state index in [4.69, 9.17) is 0 Å². The van der Waals surface area contributed by atoms with Crippen LogP contribution in [0.4, 0.5) is 0 Å². The molecule has 0 radical (unpaired) electrons. The summed E-state index contributed by atoms with van der Waals surface area (Å²) < 4.78 is 0. The van der Waals surface area contributed by atoms with Gasteiger partial charge < -0.3 is 20.9 Å². The van der Waals surface area contributed by atoms with Crippen molar-refractivity contribution in [2.24, 2.45) is 11.8 Å². The number of rotatable bonds is 0. The van der Waals surface area contributed by atoms with E-state index in [1.54, 1.807) is 0 Å². The summed E-state index contributed by atoms with van der Waals surface area (Å²) in [6.45, 7) is 19.9. The van der Waals surface area contributed by atoms with E-state index < -0.39 is 0 Å². The van der Waals surface area contributed by atoms with Crippen molar-refractivity contribution < 1.29 is 0 Å². The van der Waals surface area contributed by atoms with E-state index in [1.165, 1.54) is 90.6 Å². The molecule has 7 heterocycles. The summed E-state index contributed by atoms with van der Waals surface area (Å²) in [5.41, 5.74) is 0. The third-order valence-electron chi connectivity index (χ3n) is 6.98. The van der Waals surface area contributed by atoms with Crippen LogP contribution < -0.4 is 16.0 Å². The average molecular weight is 411 g/mol. The number of nitrogens with zero attached hydrogens (tertiary/aromatic N) is 1. The van der Waals surface area contributed by atoms with Gasteiger partial charge in [-0.1, -0.05) is 41.5 Å². The molecule has 3 N–H and O–H groups in total. The second-order valence-corrected chi connectivity index (χ2v) is 8.65. The molecule has 2 atom stereocenters. The molecule has 8 fully saturated rings. The van der Waals surface area contributed by atoms with Gasteiger partial charge in [-0.2, -0.15) is 0 Å². The minimum atomic E-state index is 0.810. The molecule has 0 amide bonds. The summed E-state index contributed by atoms with van der Waals surface area (Å²) in [6.07, 6.45) is 11.7. The summed E-state index contributed by atoms with van der Waals surface area (Å²) >= 11 is 0. The van der Waals surface area contributed by atoms with Gasteiger partial charge >= 0.3 is 0 Å². The molecule has 8 aliphatic rings. The zero-order chi connectivity index (χ0) is 21.5. The Morgan fingerprint density at radius 1 is 0.483 bits per heavy atom. The summed E-state index contributed by atoms with van der Waals surface area (Å²) in [5.74, 6) is 2.15. The first-order valence-electron chi connectivity index (χ1n) is 13.3. The Bertz CT molecular complexity index is 272. The quantitative estimate of drug-likeness (QED) is 0.543. The van der Waals surface area contributed by atoms with Gasteiger partial charge in [0.15, 0.2) is 0 Å². The zero-order valence-electron chi connectivity index (χ0n) is 20.7. The molecule has 0 aromatic carbocycles. The summed E-state index contributed by atoms with van der Waals surface area (Å²) in [7, 11) is 0. The number of hydrogen-bond donors (Lipinski definition) is 3. The number of piperidine rings is 5. The maximum atomic E-state index is 3.52. The van der Waals surface area contributed by atoms with Crippen LogP contribution in [0.1, 0.15) is 92.9 Å². The first-order valence-corrected chi connectivity index (χ1v) is 13.3. The molecular weight excluding hydrogens is 356 g/mol. The maximum absolute atomic E-state index is 3.52. The monoisotopic (exact) mass is 410 g/mol. The lowest BCUT2D eigenvalue weighted by Crippen LogP contribution is -2.44. The minimum Gasteiger partial charge on any atom is -0.314 e. The van der Waals surface area contributed by atoms with Gasteiger partial charge in [-0.25, -0.2) is 0 Å². The van der Waals surface area contributed by atoms with Crippen LogP contribution in [0, 0.1) is 11.8 Å². The Labute approximate surface area is 183 Å². The van der Waals surface area contributed by atoms with Crippen molar-refractivity contribution in [1.82, 2.24) is 20.9 Å². The molecule has 7 saturated heterocycles. The molecular formula is C25H54N4. The van der Waals surface area contributed by atoms with E-state index in [2.05, 4.69) is 20.9 Å². The Hall–Kier alpha value is -0.160. The van der Waals surface area contributed by atoms with Gasteiger partial charge in [-0.3, -0.25) is 0 Å².